The van der Waals surface area contributed by atoms with Crippen LogP contribution in [0, 0.1) is 0 Å². The lowest BCUT2D eigenvalue weighted by Gasteiger charge is -2.13. The van der Waals surface area contributed by atoms with Gasteiger partial charge in [0.25, 0.3) is 0 Å². The highest BCUT2D eigenvalue weighted by atomic mass is 79.9. The van der Waals surface area contributed by atoms with Crippen LogP contribution >= 0.6 is 15.9 Å². The van der Waals surface area contributed by atoms with Gasteiger partial charge in [0.15, 0.2) is 0 Å². The highest BCUT2D eigenvalue weighted by molar-refractivity contribution is 9.10. The van der Waals surface area contributed by atoms with E-state index in [0.29, 0.717) is 0 Å². The van der Waals surface area contributed by atoms with E-state index in [9.17, 15) is 0 Å². The van der Waals surface area contributed by atoms with Crippen molar-refractivity contribution in [1.82, 2.24) is 15.3 Å². The van der Waals surface area contributed by atoms with Gasteiger partial charge < -0.3 is 5.32 Å². The number of allylic oxidation sites excluding steroid dienone is 2. The van der Waals surface area contributed by atoms with Crippen molar-refractivity contribution >= 4 is 21.6 Å². The second-order valence-electron chi connectivity index (χ2n) is 4.16. The molecule has 0 atom stereocenters. The summed E-state index contributed by atoms with van der Waals surface area (Å²) in [6.07, 6.45) is 7.91. The van der Waals surface area contributed by atoms with E-state index in [-0.39, 0.29) is 0 Å². The number of hydrogen-bond acceptors (Lipinski definition) is 3. The van der Waals surface area contributed by atoms with Crippen LogP contribution in [0.3, 0.4) is 0 Å². The van der Waals surface area contributed by atoms with E-state index in [2.05, 4.69) is 37.3 Å². The summed E-state index contributed by atoms with van der Waals surface area (Å²) in [4.78, 5) is 9.01. The molecule has 19 heavy (non-hydrogen) atoms. The van der Waals surface area contributed by atoms with Gasteiger partial charge in [-0.1, -0.05) is 34.1 Å². The van der Waals surface area contributed by atoms with E-state index in [1.807, 2.05) is 42.5 Å². The number of nitrogens with zero attached hydrogens (tertiary/aromatic N) is 2. The average Bonchev–Trinajstić information content (AvgIpc) is 2.48. The average molecular weight is 314 g/mol. The molecule has 3 nitrogen and oxygen atoms in total. The van der Waals surface area contributed by atoms with Crippen molar-refractivity contribution in [3.8, 4) is 11.4 Å². The number of aromatic nitrogens is 2. The summed E-state index contributed by atoms with van der Waals surface area (Å²) in [6, 6.07) is 9.81. The summed E-state index contributed by atoms with van der Waals surface area (Å²) in [7, 11) is 0. The first-order valence-corrected chi connectivity index (χ1v) is 6.82. The zero-order valence-electron chi connectivity index (χ0n) is 10.2. The molecule has 0 spiro atoms. The first-order valence-electron chi connectivity index (χ1n) is 6.03. The second kappa shape index (κ2) is 5.36. The molecule has 2 aromatic rings. The van der Waals surface area contributed by atoms with E-state index < -0.39 is 0 Å². The fourth-order valence-electron chi connectivity index (χ4n) is 1.92. The summed E-state index contributed by atoms with van der Waals surface area (Å²) in [5, 5.41) is 3.31. The Morgan fingerprint density at radius 1 is 1.11 bits per heavy atom. The van der Waals surface area contributed by atoms with Crippen molar-refractivity contribution in [3.63, 3.8) is 0 Å². The summed E-state index contributed by atoms with van der Waals surface area (Å²) in [6.45, 7) is 0.832. The van der Waals surface area contributed by atoms with Crippen molar-refractivity contribution in [2.24, 2.45) is 0 Å². The van der Waals surface area contributed by atoms with Crippen LogP contribution in [0.2, 0.25) is 0 Å². The standard InChI is InChI=1S/C15H12BrN3/c16-11-9-14(12-5-1-3-7-17-12)19-15(10-11)13-6-2-4-8-18-13/h1-7,9-10,18H,8H2. The van der Waals surface area contributed by atoms with E-state index in [1.54, 1.807) is 6.20 Å². The zero-order chi connectivity index (χ0) is 13.1. The molecule has 2 aromatic heterocycles. The largest absolute Gasteiger partial charge is 0.380 e. The third-order valence-corrected chi connectivity index (χ3v) is 3.26. The lowest BCUT2D eigenvalue weighted by Crippen LogP contribution is -2.15. The molecule has 3 heterocycles. The number of halogens is 1. The Morgan fingerprint density at radius 2 is 2.00 bits per heavy atom. The second-order valence-corrected chi connectivity index (χ2v) is 5.08. The van der Waals surface area contributed by atoms with Crippen molar-refractivity contribution in [3.05, 3.63) is 64.9 Å². The molecule has 1 aliphatic heterocycles. The fourth-order valence-corrected chi connectivity index (χ4v) is 2.35. The van der Waals surface area contributed by atoms with Crippen LogP contribution in [0.15, 0.2) is 59.2 Å². The molecule has 1 aliphatic rings. The van der Waals surface area contributed by atoms with E-state index in [0.717, 1.165) is 33.8 Å². The normalized spacial score (nSPS) is 13.8. The minimum Gasteiger partial charge on any atom is -0.380 e. The molecular formula is C15H12BrN3. The Morgan fingerprint density at radius 3 is 2.74 bits per heavy atom. The maximum atomic E-state index is 4.67. The maximum Gasteiger partial charge on any atom is 0.0905 e. The number of hydrogen-bond donors (Lipinski definition) is 1. The first kappa shape index (κ1) is 12.1. The minimum atomic E-state index is 0.832. The number of nitrogens with one attached hydrogen (secondary N) is 1. The van der Waals surface area contributed by atoms with Crippen LogP contribution in [0.25, 0.3) is 17.1 Å². The van der Waals surface area contributed by atoms with Crippen molar-refractivity contribution in [2.45, 2.75) is 0 Å². The molecule has 1 N–H and O–H groups in total. The van der Waals surface area contributed by atoms with Gasteiger partial charge in [0.1, 0.15) is 0 Å². The van der Waals surface area contributed by atoms with Crippen LogP contribution < -0.4 is 5.32 Å². The molecule has 0 aliphatic carbocycles. The van der Waals surface area contributed by atoms with Crippen LogP contribution in [0.5, 0.6) is 0 Å². The molecule has 0 saturated carbocycles. The SMILES string of the molecule is Brc1cc(C2=CC=CCN2)nc(-c2ccccn2)c1. The molecule has 0 amide bonds. The number of rotatable bonds is 2. The van der Waals surface area contributed by atoms with Crippen LogP contribution in [0.4, 0.5) is 0 Å². The van der Waals surface area contributed by atoms with Crippen LogP contribution in [-0.2, 0) is 0 Å². The Kier molecular flexibility index (Phi) is 3.42. The molecule has 0 aromatic carbocycles. The molecular weight excluding hydrogens is 302 g/mol. The highest BCUT2D eigenvalue weighted by Crippen LogP contribution is 2.23. The van der Waals surface area contributed by atoms with E-state index >= 15 is 0 Å². The minimum absolute atomic E-state index is 0.832. The van der Waals surface area contributed by atoms with Gasteiger partial charge in [0, 0.05) is 17.2 Å². The van der Waals surface area contributed by atoms with Gasteiger partial charge in [-0.3, -0.25) is 4.98 Å². The van der Waals surface area contributed by atoms with Gasteiger partial charge in [0.05, 0.1) is 22.8 Å². The predicted octanol–water partition coefficient (Wildman–Crippen LogP) is 3.41. The molecule has 0 saturated heterocycles. The molecule has 0 unspecified atom stereocenters. The molecule has 0 bridgehead atoms. The molecule has 0 radical (unpaired) electrons. The third-order valence-electron chi connectivity index (χ3n) is 2.80. The number of dihydropyridines is 1. The van der Waals surface area contributed by atoms with Crippen molar-refractivity contribution in [2.75, 3.05) is 6.54 Å². The van der Waals surface area contributed by atoms with Gasteiger partial charge >= 0.3 is 0 Å². The zero-order valence-corrected chi connectivity index (χ0v) is 11.8. The predicted molar refractivity (Wildman–Crippen MR) is 80.3 cm³/mol. The quantitative estimate of drug-likeness (QED) is 0.923. The fraction of sp³-hybridized carbons (Fsp3) is 0.0667. The lowest BCUT2D eigenvalue weighted by atomic mass is 10.2. The lowest BCUT2D eigenvalue weighted by molar-refractivity contribution is 0.981. The van der Waals surface area contributed by atoms with Gasteiger partial charge in [-0.2, -0.15) is 0 Å². The van der Waals surface area contributed by atoms with Crippen molar-refractivity contribution < 1.29 is 0 Å². The van der Waals surface area contributed by atoms with Crippen molar-refractivity contribution in [1.29, 1.82) is 0 Å². The first-order chi connectivity index (χ1) is 9.33. The summed E-state index contributed by atoms with van der Waals surface area (Å²) >= 11 is 3.54. The van der Waals surface area contributed by atoms with Gasteiger partial charge in [-0.25, -0.2) is 4.98 Å². The highest BCUT2D eigenvalue weighted by Gasteiger charge is 2.09. The van der Waals surface area contributed by atoms with E-state index in [4.69, 9.17) is 0 Å². The van der Waals surface area contributed by atoms with Gasteiger partial charge in [0.2, 0.25) is 0 Å². The molecule has 94 valence electrons. The Hall–Kier alpha value is -1.94. The smallest absolute Gasteiger partial charge is 0.0905 e. The van der Waals surface area contributed by atoms with Crippen LogP contribution in [-0.4, -0.2) is 16.5 Å². The summed E-state index contributed by atoms with van der Waals surface area (Å²) < 4.78 is 0.996. The Labute approximate surface area is 120 Å². The monoisotopic (exact) mass is 313 g/mol. The number of pyridine rings is 2. The van der Waals surface area contributed by atoms with Gasteiger partial charge in [-0.05, 0) is 30.3 Å². The summed E-state index contributed by atoms with van der Waals surface area (Å²) in [5.41, 5.74) is 3.68. The van der Waals surface area contributed by atoms with Crippen LogP contribution in [0.1, 0.15) is 5.69 Å². The molecule has 4 heteroatoms. The summed E-state index contributed by atoms with van der Waals surface area (Å²) in [5.74, 6) is 0. The third kappa shape index (κ3) is 2.74. The molecule has 0 fully saturated rings. The maximum absolute atomic E-state index is 4.67. The topological polar surface area (TPSA) is 37.8 Å². The Bertz CT molecular complexity index is 648. The van der Waals surface area contributed by atoms with E-state index in [1.165, 1.54) is 0 Å². The molecule has 3 rings (SSSR count). The Balaban J connectivity index is 2.06. The van der Waals surface area contributed by atoms with Gasteiger partial charge in [-0.15, -0.1) is 0 Å².